The molecule has 106 valence electrons. The first kappa shape index (κ1) is 16.7. The molecule has 0 aliphatic heterocycles. The molecule has 1 saturated carbocycles. The zero-order valence-electron chi connectivity index (χ0n) is 10.5. The molecule has 0 spiro atoms. The van der Waals surface area contributed by atoms with Gasteiger partial charge in [0.1, 0.15) is 5.82 Å². The molecule has 3 N–H and O–H groups in total. The van der Waals surface area contributed by atoms with E-state index in [9.17, 15) is 4.39 Å². The fourth-order valence-corrected chi connectivity index (χ4v) is 2.62. The maximum atomic E-state index is 12.9. The van der Waals surface area contributed by atoms with Crippen molar-refractivity contribution in [2.45, 2.75) is 38.3 Å². The first-order chi connectivity index (χ1) is 8.65. The average Bonchev–Trinajstić information content (AvgIpc) is 2.80. The fraction of sp³-hybridized carbons (Fsp3) is 0.462. The molecular formula is C13H18BrFIN3. The highest BCUT2D eigenvalue weighted by atomic mass is 127. The highest BCUT2D eigenvalue weighted by molar-refractivity contribution is 14.0. The number of nitrogens with zero attached hydrogens (tertiary/aromatic N) is 1. The Morgan fingerprint density at radius 3 is 2.74 bits per heavy atom. The lowest BCUT2D eigenvalue weighted by atomic mass is 10.2. The summed E-state index contributed by atoms with van der Waals surface area (Å²) in [7, 11) is 0. The Balaban J connectivity index is 0.00000180. The molecule has 0 radical (unpaired) electrons. The molecule has 1 aromatic carbocycles. The van der Waals surface area contributed by atoms with Crippen LogP contribution in [-0.4, -0.2) is 12.0 Å². The van der Waals surface area contributed by atoms with E-state index in [0.717, 1.165) is 22.9 Å². The number of guanidine groups is 1. The van der Waals surface area contributed by atoms with Gasteiger partial charge in [0.05, 0.1) is 6.54 Å². The normalized spacial score (nSPS) is 16.2. The summed E-state index contributed by atoms with van der Waals surface area (Å²) < 4.78 is 13.6. The molecule has 1 aliphatic carbocycles. The number of aliphatic imine (C=N–C) groups is 1. The Bertz CT molecular complexity index is 448. The summed E-state index contributed by atoms with van der Waals surface area (Å²) in [5, 5.41) is 3.22. The van der Waals surface area contributed by atoms with Gasteiger partial charge in [0, 0.05) is 10.5 Å². The van der Waals surface area contributed by atoms with E-state index in [1.54, 1.807) is 6.07 Å². The molecule has 0 aromatic heterocycles. The Labute approximate surface area is 138 Å². The molecule has 0 unspecified atom stereocenters. The quantitative estimate of drug-likeness (QED) is 0.428. The average molecular weight is 442 g/mol. The summed E-state index contributed by atoms with van der Waals surface area (Å²) in [5.41, 5.74) is 6.75. The highest BCUT2D eigenvalue weighted by Gasteiger charge is 2.14. The van der Waals surface area contributed by atoms with Gasteiger partial charge in [-0.1, -0.05) is 34.8 Å². The SMILES string of the molecule is I.NC(=NCc1ccc(F)cc1Br)NC1CCCC1. The second-order valence-electron chi connectivity index (χ2n) is 4.56. The number of nitrogens with two attached hydrogens (primary N) is 1. The first-order valence-corrected chi connectivity index (χ1v) is 6.95. The van der Waals surface area contributed by atoms with Crippen molar-refractivity contribution in [3.8, 4) is 0 Å². The van der Waals surface area contributed by atoms with Gasteiger partial charge in [0.25, 0.3) is 0 Å². The summed E-state index contributed by atoms with van der Waals surface area (Å²) in [6, 6.07) is 5.04. The lowest BCUT2D eigenvalue weighted by Gasteiger charge is -2.12. The van der Waals surface area contributed by atoms with E-state index in [0.29, 0.717) is 18.5 Å². The van der Waals surface area contributed by atoms with Gasteiger partial charge in [0.15, 0.2) is 5.96 Å². The zero-order chi connectivity index (χ0) is 13.0. The van der Waals surface area contributed by atoms with E-state index < -0.39 is 0 Å². The van der Waals surface area contributed by atoms with Crippen LogP contribution in [0.4, 0.5) is 4.39 Å². The van der Waals surface area contributed by atoms with E-state index >= 15 is 0 Å². The van der Waals surface area contributed by atoms with Crippen molar-refractivity contribution in [2.75, 3.05) is 0 Å². The van der Waals surface area contributed by atoms with Gasteiger partial charge in [-0.3, -0.25) is 0 Å². The van der Waals surface area contributed by atoms with E-state index in [4.69, 9.17) is 5.73 Å². The van der Waals surface area contributed by atoms with Crippen LogP contribution in [0.15, 0.2) is 27.7 Å². The summed E-state index contributed by atoms with van der Waals surface area (Å²) in [5.74, 6) is 0.213. The van der Waals surface area contributed by atoms with Gasteiger partial charge in [0.2, 0.25) is 0 Å². The number of rotatable bonds is 3. The van der Waals surface area contributed by atoms with Crippen molar-refractivity contribution in [3.05, 3.63) is 34.1 Å². The van der Waals surface area contributed by atoms with Crippen molar-refractivity contribution in [1.82, 2.24) is 5.32 Å². The maximum Gasteiger partial charge on any atom is 0.189 e. The van der Waals surface area contributed by atoms with Crippen molar-refractivity contribution >= 4 is 45.9 Å². The van der Waals surface area contributed by atoms with Gasteiger partial charge in [-0.2, -0.15) is 0 Å². The minimum Gasteiger partial charge on any atom is -0.370 e. The Kier molecular flexibility index (Phi) is 7.06. The van der Waals surface area contributed by atoms with Gasteiger partial charge in [-0.25, -0.2) is 9.38 Å². The molecule has 0 heterocycles. The topological polar surface area (TPSA) is 50.4 Å². The predicted octanol–water partition coefficient (Wildman–Crippen LogP) is 3.55. The molecule has 19 heavy (non-hydrogen) atoms. The minimum atomic E-state index is -0.258. The Hall–Kier alpha value is -0.370. The molecule has 0 saturated heterocycles. The molecule has 1 aliphatic rings. The summed E-state index contributed by atoms with van der Waals surface area (Å²) in [4.78, 5) is 4.28. The molecule has 6 heteroatoms. The van der Waals surface area contributed by atoms with E-state index in [1.807, 2.05) is 0 Å². The van der Waals surface area contributed by atoms with Crippen molar-refractivity contribution < 1.29 is 4.39 Å². The second kappa shape index (κ2) is 8.04. The van der Waals surface area contributed by atoms with Crippen LogP contribution >= 0.6 is 39.9 Å². The molecule has 2 rings (SSSR count). The summed E-state index contributed by atoms with van der Waals surface area (Å²) in [6.07, 6.45) is 4.84. The second-order valence-corrected chi connectivity index (χ2v) is 5.42. The smallest absolute Gasteiger partial charge is 0.189 e. The molecule has 3 nitrogen and oxygen atoms in total. The Morgan fingerprint density at radius 1 is 1.42 bits per heavy atom. The van der Waals surface area contributed by atoms with E-state index in [-0.39, 0.29) is 29.8 Å². The number of halogens is 3. The van der Waals surface area contributed by atoms with Crippen LogP contribution in [-0.2, 0) is 6.54 Å². The molecule has 0 amide bonds. The van der Waals surface area contributed by atoms with Crippen molar-refractivity contribution in [1.29, 1.82) is 0 Å². The monoisotopic (exact) mass is 441 g/mol. The number of hydrogen-bond acceptors (Lipinski definition) is 1. The fourth-order valence-electron chi connectivity index (χ4n) is 2.15. The van der Waals surface area contributed by atoms with Crippen LogP contribution < -0.4 is 11.1 Å². The van der Waals surface area contributed by atoms with E-state index in [1.165, 1.54) is 25.0 Å². The summed E-state index contributed by atoms with van der Waals surface area (Å²) in [6.45, 7) is 0.451. The molecule has 0 atom stereocenters. The van der Waals surface area contributed by atoms with Gasteiger partial charge < -0.3 is 11.1 Å². The molecule has 1 aromatic rings. The van der Waals surface area contributed by atoms with Gasteiger partial charge >= 0.3 is 0 Å². The van der Waals surface area contributed by atoms with Crippen LogP contribution in [0.1, 0.15) is 31.2 Å². The number of benzene rings is 1. The highest BCUT2D eigenvalue weighted by Crippen LogP contribution is 2.19. The molecule has 0 bridgehead atoms. The van der Waals surface area contributed by atoms with Crippen LogP contribution in [0, 0.1) is 5.82 Å². The lowest BCUT2D eigenvalue weighted by molar-refractivity contribution is 0.624. The van der Waals surface area contributed by atoms with Crippen molar-refractivity contribution in [3.63, 3.8) is 0 Å². The third-order valence-electron chi connectivity index (χ3n) is 3.14. The summed E-state index contributed by atoms with van der Waals surface area (Å²) >= 11 is 3.31. The van der Waals surface area contributed by atoms with Crippen molar-refractivity contribution in [2.24, 2.45) is 10.7 Å². The largest absolute Gasteiger partial charge is 0.370 e. The lowest BCUT2D eigenvalue weighted by Crippen LogP contribution is -2.38. The van der Waals surface area contributed by atoms with Gasteiger partial charge in [-0.15, -0.1) is 24.0 Å². The maximum absolute atomic E-state index is 12.9. The number of hydrogen-bond donors (Lipinski definition) is 2. The van der Waals surface area contributed by atoms with Crippen LogP contribution in [0.25, 0.3) is 0 Å². The van der Waals surface area contributed by atoms with Crippen LogP contribution in [0.2, 0.25) is 0 Å². The molecular weight excluding hydrogens is 424 g/mol. The zero-order valence-corrected chi connectivity index (χ0v) is 14.5. The third kappa shape index (κ3) is 5.25. The first-order valence-electron chi connectivity index (χ1n) is 6.15. The third-order valence-corrected chi connectivity index (χ3v) is 3.88. The number of nitrogens with one attached hydrogen (secondary N) is 1. The van der Waals surface area contributed by atoms with Gasteiger partial charge in [-0.05, 0) is 30.5 Å². The predicted molar refractivity (Wildman–Crippen MR) is 90.2 cm³/mol. The standard InChI is InChI=1S/C13H17BrFN3.HI/c14-12-7-10(15)6-5-9(12)8-17-13(16)18-11-3-1-2-4-11;/h5-7,11H,1-4,8H2,(H3,16,17,18);1H. The molecule has 1 fully saturated rings. The minimum absolute atomic E-state index is 0. The van der Waals surface area contributed by atoms with Crippen LogP contribution in [0.3, 0.4) is 0 Å². The Morgan fingerprint density at radius 2 is 2.11 bits per heavy atom. The van der Waals surface area contributed by atoms with E-state index in [2.05, 4.69) is 26.2 Å². The van der Waals surface area contributed by atoms with Crippen LogP contribution in [0.5, 0.6) is 0 Å².